The van der Waals surface area contributed by atoms with Gasteiger partial charge in [0.15, 0.2) is 17.3 Å². The second kappa shape index (κ2) is 7.56. The zero-order chi connectivity index (χ0) is 19.5. The fraction of sp³-hybridized carbons (Fsp3) is 0.130. The Morgan fingerprint density at radius 1 is 0.786 bits per heavy atom. The average molecular weight is 371 g/mol. The van der Waals surface area contributed by atoms with Crippen molar-refractivity contribution in [2.45, 2.75) is 0 Å². The number of aromatic nitrogens is 2. The SMILES string of the molecule is CNc1nc(-c2ccccc2)nc2ccc(-c3cccc(OC)c3OC)cc12. The van der Waals surface area contributed by atoms with Crippen molar-refractivity contribution in [1.82, 2.24) is 9.97 Å². The molecule has 1 heterocycles. The maximum Gasteiger partial charge on any atom is 0.168 e. The fourth-order valence-corrected chi connectivity index (χ4v) is 3.32. The number of hydrogen-bond donors (Lipinski definition) is 1. The largest absolute Gasteiger partial charge is 0.493 e. The molecule has 140 valence electrons. The quantitative estimate of drug-likeness (QED) is 0.534. The third-order valence-electron chi connectivity index (χ3n) is 4.68. The van der Waals surface area contributed by atoms with E-state index in [1.54, 1.807) is 14.2 Å². The Bertz CT molecular complexity index is 1130. The van der Waals surface area contributed by atoms with Crippen LogP contribution in [0.1, 0.15) is 0 Å². The molecule has 1 N–H and O–H groups in total. The minimum atomic E-state index is 0.698. The highest BCUT2D eigenvalue weighted by Crippen LogP contribution is 2.39. The summed E-state index contributed by atoms with van der Waals surface area (Å²) < 4.78 is 11.0. The number of ether oxygens (including phenoxy) is 2. The lowest BCUT2D eigenvalue weighted by atomic mass is 10.0. The molecule has 0 saturated carbocycles. The van der Waals surface area contributed by atoms with Crippen molar-refractivity contribution in [3.8, 4) is 34.0 Å². The summed E-state index contributed by atoms with van der Waals surface area (Å²) in [7, 11) is 5.16. The molecule has 1 aromatic heterocycles. The van der Waals surface area contributed by atoms with E-state index in [2.05, 4.69) is 11.4 Å². The topological polar surface area (TPSA) is 56.3 Å². The van der Waals surface area contributed by atoms with Gasteiger partial charge in [0.05, 0.1) is 19.7 Å². The molecule has 5 heteroatoms. The second-order valence-electron chi connectivity index (χ2n) is 6.28. The van der Waals surface area contributed by atoms with E-state index in [-0.39, 0.29) is 0 Å². The molecule has 0 radical (unpaired) electrons. The standard InChI is InChI=1S/C23H21N3O2/c1-24-23-18-14-16(17-10-7-11-20(27-2)21(17)28-3)12-13-19(18)25-22(26-23)15-8-5-4-6-9-15/h4-14H,1-3H3,(H,24,25,26). The van der Waals surface area contributed by atoms with Crippen LogP contribution in [-0.2, 0) is 0 Å². The number of fused-ring (bicyclic) bond motifs is 1. The zero-order valence-corrected chi connectivity index (χ0v) is 16.1. The van der Waals surface area contributed by atoms with Crippen LogP contribution in [-0.4, -0.2) is 31.2 Å². The molecule has 0 aliphatic rings. The molecule has 4 rings (SSSR count). The van der Waals surface area contributed by atoms with E-state index >= 15 is 0 Å². The summed E-state index contributed by atoms with van der Waals surface area (Å²) in [6.07, 6.45) is 0. The maximum atomic E-state index is 5.60. The summed E-state index contributed by atoms with van der Waals surface area (Å²) in [6, 6.07) is 22.0. The number of methoxy groups -OCH3 is 2. The highest BCUT2D eigenvalue weighted by atomic mass is 16.5. The minimum absolute atomic E-state index is 0.698. The van der Waals surface area contributed by atoms with Crippen molar-refractivity contribution < 1.29 is 9.47 Å². The smallest absolute Gasteiger partial charge is 0.168 e. The van der Waals surface area contributed by atoms with E-state index in [9.17, 15) is 0 Å². The molecule has 0 saturated heterocycles. The van der Waals surface area contributed by atoms with Gasteiger partial charge in [0.1, 0.15) is 5.82 Å². The molecule has 0 aliphatic carbocycles. The first-order valence-electron chi connectivity index (χ1n) is 9.01. The van der Waals surface area contributed by atoms with Gasteiger partial charge in [-0.2, -0.15) is 0 Å². The number of benzene rings is 3. The number of nitrogens with one attached hydrogen (secondary N) is 1. The van der Waals surface area contributed by atoms with Gasteiger partial charge in [-0.25, -0.2) is 9.97 Å². The van der Waals surface area contributed by atoms with Gasteiger partial charge in [0.25, 0.3) is 0 Å². The van der Waals surface area contributed by atoms with Crippen molar-refractivity contribution in [2.75, 3.05) is 26.6 Å². The first-order valence-corrected chi connectivity index (χ1v) is 9.01. The predicted octanol–water partition coefficient (Wildman–Crippen LogP) is 5.02. The number of nitrogens with zero attached hydrogens (tertiary/aromatic N) is 2. The molecule has 5 nitrogen and oxygen atoms in total. The van der Waals surface area contributed by atoms with Gasteiger partial charge in [-0.1, -0.05) is 48.5 Å². The molecule has 28 heavy (non-hydrogen) atoms. The van der Waals surface area contributed by atoms with Crippen LogP contribution in [0.3, 0.4) is 0 Å². The van der Waals surface area contributed by atoms with Crippen LogP contribution in [0, 0.1) is 0 Å². The highest BCUT2D eigenvalue weighted by molar-refractivity contribution is 5.94. The van der Waals surface area contributed by atoms with E-state index < -0.39 is 0 Å². The molecule has 0 spiro atoms. The first-order chi connectivity index (χ1) is 13.7. The predicted molar refractivity (Wildman–Crippen MR) is 113 cm³/mol. The third-order valence-corrected chi connectivity index (χ3v) is 4.68. The van der Waals surface area contributed by atoms with Crippen molar-refractivity contribution in [3.63, 3.8) is 0 Å². The highest BCUT2D eigenvalue weighted by Gasteiger charge is 2.14. The molecule has 3 aromatic carbocycles. The van der Waals surface area contributed by atoms with E-state index in [1.165, 1.54) is 0 Å². The van der Waals surface area contributed by atoms with Gasteiger partial charge in [-0.3, -0.25) is 0 Å². The van der Waals surface area contributed by atoms with Gasteiger partial charge in [0, 0.05) is 23.6 Å². The summed E-state index contributed by atoms with van der Waals surface area (Å²) in [5.74, 6) is 2.89. The Kier molecular flexibility index (Phi) is 4.81. The third kappa shape index (κ3) is 3.11. The Balaban J connectivity index is 1.89. The summed E-state index contributed by atoms with van der Waals surface area (Å²) in [5.41, 5.74) is 3.83. The number of hydrogen-bond acceptors (Lipinski definition) is 5. The van der Waals surface area contributed by atoms with Gasteiger partial charge in [0.2, 0.25) is 0 Å². The van der Waals surface area contributed by atoms with Crippen molar-refractivity contribution in [1.29, 1.82) is 0 Å². The normalized spacial score (nSPS) is 10.7. The summed E-state index contributed by atoms with van der Waals surface area (Å²) >= 11 is 0. The minimum Gasteiger partial charge on any atom is -0.493 e. The molecule has 0 bridgehead atoms. The van der Waals surface area contributed by atoms with Crippen LogP contribution in [0.15, 0.2) is 66.7 Å². The van der Waals surface area contributed by atoms with Gasteiger partial charge in [-0.15, -0.1) is 0 Å². The Morgan fingerprint density at radius 2 is 1.61 bits per heavy atom. The summed E-state index contributed by atoms with van der Waals surface area (Å²) in [5, 5.41) is 4.15. The second-order valence-corrected chi connectivity index (χ2v) is 6.28. The Labute approximate surface area is 164 Å². The van der Waals surface area contributed by atoms with Crippen LogP contribution in [0.4, 0.5) is 5.82 Å². The monoisotopic (exact) mass is 371 g/mol. The first kappa shape index (κ1) is 17.8. The van der Waals surface area contributed by atoms with Crippen LogP contribution >= 0.6 is 0 Å². The fourth-order valence-electron chi connectivity index (χ4n) is 3.32. The lowest BCUT2D eigenvalue weighted by Gasteiger charge is -2.14. The number of para-hydroxylation sites is 1. The summed E-state index contributed by atoms with van der Waals surface area (Å²) in [6.45, 7) is 0. The molecule has 0 unspecified atom stereocenters. The number of rotatable bonds is 5. The summed E-state index contributed by atoms with van der Waals surface area (Å²) in [4.78, 5) is 9.48. The van der Waals surface area contributed by atoms with Gasteiger partial charge in [-0.05, 0) is 23.8 Å². The van der Waals surface area contributed by atoms with Crippen LogP contribution in [0.2, 0.25) is 0 Å². The van der Waals surface area contributed by atoms with Crippen molar-refractivity contribution in [2.24, 2.45) is 0 Å². The van der Waals surface area contributed by atoms with Gasteiger partial charge >= 0.3 is 0 Å². The van der Waals surface area contributed by atoms with E-state index in [0.29, 0.717) is 17.3 Å². The van der Waals surface area contributed by atoms with E-state index in [1.807, 2.05) is 67.7 Å². The van der Waals surface area contributed by atoms with Crippen molar-refractivity contribution >= 4 is 16.7 Å². The number of anilines is 1. The Morgan fingerprint density at radius 3 is 2.32 bits per heavy atom. The molecule has 0 fully saturated rings. The Hall–Kier alpha value is -3.60. The molecule has 0 amide bonds. The van der Waals surface area contributed by atoms with Crippen LogP contribution in [0.5, 0.6) is 11.5 Å². The zero-order valence-electron chi connectivity index (χ0n) is 16.1. The lowest BCUT2D eigenvalue weighted by molar-refractivity contribution is 0.356. The molecular weight excluding hydrogens is 350 g/mol. The average Bonchev–Trinajstić information content (AvgIpc) is 2.77. The van der Waals surface area contributed by atoms with Crippen LogP contribution < -0.4 is 14.8 Å². The molecule has 0 atom stereocenters. The van der Waals surface area contributed by atoms with E-state index in [0.717, 1.165) is 33.4 Å². The molecule has 0 aliphatic heterocycles. The maximum absolute atomic E-state index is 5.60. The van der Waals surface area contributed by atoms with Crippen LogP contribution in [0.25, 0.3) is 33.4 Å². The van der Waals surface area contributed by atoms with Crippen molar-refractivity contribution in [3.05, 3.63) is 66.7 Å². The van der Waals surface area contributed by atoms with E-state index in [4.69, 9.17) is 19.4 Å². The lowest BCUT2D eigenvalue weighted by Crippen LogP contribution is -1.99. The molecule has 4 aromatic rings. The van der Waals surface area contributed by atoms with Gasteiger partial charge < -0.3 is 14.8 Å². The molecular formula is C23H21N3O2.